The van der Waals surface area contributed by atoms with Crippen LogP contribution in [0.15, 0.2) is 48.5 Å². The fourth-order valence-corrected chi connectivity index (χ4v) is 4.13. The lowest BCUT2D eigenvalue weighted by atomic mass is 9.78. The third-order valence-electron chi connectivity index (χ3n) is 5.03. The van der Waals surface area contributed by atoms with E-state index in [0.29, 0.717) is 17.9 Å². The first-order chi connectivity index (χ1) is 9.27. The van der Waals surface area contributed by atoms with E-state index in [-0.39, 0.29) is 0 Å². The molecule has 2 aliphatic rings. The second kappa shape index (κ2) is 3.86. The van der Waals surface area contributed by atoms with Crippen LogP contribution in [0.25, 0.3) is 0 Å². The molecule has 1 saturated heterocycles. The Morgan fingerprint density at radius 2 is 1.63 bits per heavy atom. The summed E-state index contributed by atoms with van der Waals surface area (Å²) in [6.45, 7) is 5.82. The first kappa shape index (κ1) is 11.1. The van der Waals surface area contributed by atoms with Gasteiger partial charge in [-0.25, -0.2) is 0 Å². The maximum Gasteiger partial charge on any atom is 0.0405 e. The third kappa shape index (κ3) is 1.42. The highest BCUT2D eigenvalue weighted by atomic mass is 15.2. The molecule has 1 nitrogen and oxygen atoms in total. The number of para-hydroxylation sites is 1. The Hall–Kier alpha value is -1.76. The number of anilines is 1. The van der Waals surface area contributed by atoms with Crippen molar-refractivity contribution in [1.82, 2.24) is 0 Å². The van der Waals surface area contributed by atoms with Gasteiger partial charge in [0.1, 0.15) is 0 Å². The Labute approximate surface area is 114 Å². The molecule has 0 N–H and O–H groups in total. The number of hydrogen-bond donors (Lipinski definition) is 0. The van der Waals surface area contributed by atoms with Gasteiger partial charge in [-0.1, -0.05) is 42.5 Å². The third-order valence-corrected chi connectivity index (χ3v) is 5.03. The van der Waals surface area contributed by atoms with E-state index in [2.05, 4.69) is 67.3 Å². The molecule has 2 heterocycles. The Bertz CT molecular complexity index is 631. The van der Waals surface area contributed by atoms with Crippen LogP contribution in [0, 0.1) is 6.92 Å². The van der Waals surface area contributed by atoms with Crippen molar-refractivity contribution in [3.63, 3.8) is 0 Å². The minimum absolute atomic E-state index is 0.612. The lowest BCUT2D eigenvalue weighted by Gasteiger charge is -2.33. The molecule has 3 atom stereocenters. The second-order valence-corrected chi connectivity index (χ2v) is 5.94. The van der Waals surface area contributed by atoms with Crippen molar-refractivity contribution in [2.45, 2.75) is 31.7 Å². The minimum Gasteiger partial charge on any atom is -0.367 e. The standard InChI is InChI=1S/C18H19N/c1-12-7-3-4-8-14(12)18-13(2)19-11-16(18)15-9-5-6-10-17(15)19/h3-10,13,16,18H,11H2,1-2H3. The van der Waals surface area contributed by atoms with Gasteiger partial charge < -0.3 is 4.90 Å². The van der Waals surface area contributed by atoms with Crippen molar-refractivity contribution in [1.29, 1.82) is 0 Å². The molecular weight excluding hydrogens is 230 g/mol. The molecule has 1 heteroatoms. The average molecular weight is 249 g/mol. The summed E-state index contributed by atoms with van der Waals surface area (Å²) in [5.41, 5.74) is 5.99. The molecule has 0 aromatic heterocycles. The van der Waals surface area contributed by atoms with E-state index >= 15 is 0 Å². The molecule has 2 bridgehead atoms. The summed E-state index contributed by atoms with van der Waals surface area (Å²) in [4.78, 5) is 2.59. The van der Waals surface area contributed by atoms with Crippen molar-refractivity contribution in [2.75, 3.05) is 11.4 Å². The molecule has 19 heavy (non-hydrogen) atoms. The van der Waals surface area contributed by atoms with Crippen molar-refractivity contribution in [3.05, 3.63) is 65.2 Å². The maximum absolute atomic E-state index is 2.59. The molecule has 2 aliphatic heterocycles. The Kier molecular flexibility index (Phi) is 2.26. The van der Waals surface area contributed by atoms with Crippen LogP contribution in [0.5, 0.6) is 0 Å². The van der Waals surface area contributed by atoms with Gasteiger partial charge in [0, 0.05) is 30.1 Å². The molecule has 2 aromatic carbocycles. The quantitative estimate of drug-likeness (QED) is 0.736. The number of benzene rings is 2. The molecule has 96 valence electrons. The molecule has 4 rings (SSSR count). The van der Waals surface area contributed by atoms with E-state index < -0.39 is 0 Å². The van der Waals surface area contributed by atoms with Gasteiger partial charge in [0.15, 0.2) is 0 Å². The fraction of sp³-hybridized carbons (Fsp3) is 0.333. The largest absolute Gasteiger partial charge is 0.367 e. The lowest BCUT2D eigenvalue weighted by Crippen LogP contribution is -2.31. The van der Waals surface area contributed by atoms with Crippen molar-refractivity contribution >= 4 is 5.69 Å². The second-order valence-electron chi connectivity index (χ2n) is 5.94. The van der Waals surface area contributed by atoms with Crippen LogP contribution in [0.2, 0.25) is 0 Å². The zero-order chi connectivity index (χ0) is 13.0. The zero-order valence-corrected chi connectivity index (χ0v) is 11.5. The van der Waals surface area contributed by atoms with Gasteiger partial charge in [-0.3, -0.25) is 0 Å². The molecule has 0 spiro atoms. The predicted molar refractivity (Wildman–Crippen MR) is 79.9 cm³/mol. The molecular formula is C18H19N. The van der Waals surface area contributed by atoms with Gasteiger partial charge in [-0.2, -0.15) is 0 Å². The SMILES string of the molecule is Cc1ccccc1C1C2CN(c3ccccc32)C1C. The van der Waals surface area contributed by atoms with Gasteiger partial charge in [-0.05, 0) is 36.6 Å². The summed E-state index contributed by atoms with van der Waals surface area (Å²) in [6, 6.07) is 18.4. The number of fused-ring (bicyclic) bond motifs is 5. The van der Waals surface area contributed by atoms with Crippen LogP contribution in [-0.4, -0.2) is 12.6 Å². The van der Waals surface area contributed by atoms with Crippen LogP contribution in [0.3, 0.4) is 0 Å². The van der Waals surface area contributed by atoms with Crippen molar-refractivity contribution < 1.29 is 0 Å². The minimum atomic E-state index is 0.612. The Morgan fingerprint density at radius 3 is 2.42 bits per heavy atom. The van der Waals surface area contributed by atoms with Gasteiger partial charge in [0.2, 0.25) is 0 Å². The smallest absolute Gasteiger partial charge is 0.0405 e. The highest BCUT2D eigenvalue weighted by Crippen LogP contribution is 2.54. The van der Waals surface area contributed by atoms with Crippen LogP contribution in [0.1, 0.15) is 35.4 Å². The Morgan fingerprint density at radius 1 is 0.947 bits per heavy atom. The van der Waals surface area contributed by atoms with Gasteiger partial charge >= 0.3 is 0 Å². The maximum atomic E-state index is 2.59. The summed E-state index contributed by atoms with van der Waals surface area (Å²) < 4.78 is 0. The van der Waals surface area contributed by atoms with Gasteiger partial charge in [-0.15, -0.1) is 0 Å². The lowest BCUT2D eigenvalue weighted by molar-refractivity contribution is 0.567. The topological polar surface area (TPSA) is 3.24 Å². The predicted octanol–water partition coefficient (Wildman–Crippen LogP) is 4.08. The van der Waals surface area contributed by atoms with Crippen LogP contribution in [0.4, 0.5) is 5.69 Å². The average Bonchev–Trinajstić information content (AvgIpc) is 2.96. The van der Waals surface area contributed by atoms with E-state index in [4.69, 9.17) is 0 Å². The highest BCUT2D eigenvalue weighted by Gasteiger charge is 2.47. The molecule has 0 saturated carbocycles. The van der Waals surface area contributed by atoms with E-state index in [1.165, 1.54) is 23.4 Å². The normalized spacial score (nSPS) is 27.7. The highest BCUT2D eigenvalue weighted by molar-refractivity contribution is 5.66. The summed E-state index contributed by atoms with van der Waals surface area (Å²) in [7, 11) is 0. The molecule has 0 aliphatic carbocycles. The molecule has 3 unspecified atom stereocenters. The summed E-state index contributed by atoms with van der Waals surface area (Å²) >= 11 is 0. The Balaban J connectivity index is 1.84. The number of rotatable bonds is 1. The number of nitrogens with zero attached hydrogens (tertiary/aromatic N) is 1. The number of aryl methyl sites for hydroxylation is 1. The van der Waals surface area contributed by atoms with Crippen LogP contribution in [-0.2, 0) is 0 Å². The molecule has 0 radical (unpaired) electrons. The first-order valence-corrected chi connectivity index (χ1v) is 7.18. The fourth-order valence-electron chi connectivity index (χ4n) is 4.13. The van der Waals surface area contributed by atoms with E-state index in [9.17, 15) is 0 Å². The zero-order valence-electron chi connectivity index (χ0n) is 11.5. The number of hydrogen-bond acceptors (Lipinski definition) is 1. The van der Waals surface area contributed by atoms with Crippen LogP contribution < -0.4 is 4.90 Å². The monoisotopic (exact) mass is 249 g/mol. The van der Waals surface area contributed by atoms with E-state index in [1.807, 2.05) is 0 Å². The summed E-state index contributed by atoms with van der Waals surface area (Å²) in [5, 5.41) is 0. The van der Waals surface area contributed by atoms with E-state index in [1.54, 1.807) is 5.56 Å². The summed E-state index contributed by atoms with van der Waals surface area (Å²) in [5.74, 6) is 1.32. The molecule has 0 amide bonds. The molecule has 2 aromatic rings. The van der Waals surface area contributed by atoms with Crippen LogP contribution >= 0.6 is 0 Å². The summed E-state index contributed by atoms with van der Waals surface area (Å²) in [6.07, 6.45) is 0. The molecule has 1 fully saturated rings. The van der Waals surface area contributed by atoms with Gasteiger partial charge in [0.25, 0.3) is 0 Å². The van der Waals surface area contributed by atoms with Crippen molar-refractivity contribution in [2.24, 2.45) is 0 Å². The van der Waals surface area contributed by atoms with Crippen molar-refractivity contribution in [3.8, 4) is 0 Å². The van der Waals surface area contributed by atoms with Gasteiger partial charge in [0.05, 0.1) is 0 Å². The van der Waals surface area contributed by atoms with E-state index in [0.717, 1.165) is 0 Å². The first-order valence-electron chi connectivity index (χ1n) is 7.18.